The lowest BCUT2D eigenvalue weighted by molar-refractivity contribution is 0.0669. The summed E-state index contributed by atoms with van der Waals surface area (Å²) in [6.45, 7) is 9.39. The van der Waals surface area contributed by atoms with Crippen molar-refractivity contribution in [3.63, 3.8) is 0 Å². The van der Waals surface area contributed by atoms with Gasteiger partial charge in [0.1, 0.15) is 0 Å². The average molecular weight is 511 g/mol. The largest absolute Gasteiger partial charge is 0.381 e. The van der Waals surface area contributed by atoms with E-state index in [1.807, 2.05) is 0 Å². The molecule has 158 valence electrons. The standard InChI is InChI=1S/C20H38N4OS.HI/c1-3-21-19(23(2)15-18-7-12-25-16-18)22-17-20(8-5-4-6-9-20)24-10-13-26-14-11-24;/h18H,3-17H2,1-2H3,(H,21,22);1H. The molecule has 27 heavy (non-hydrogen) atoms. The summed E-state index contributed by atoms with van der Waals surface area (Å²) in [7, 11) is 2.19. The number of ether oxygens (including phenoxy) is 1. The normalized spacial score (nSPS) is 26.4. The topological polar surface area (TPSA) is 40.1 Å². The van der Waals surface area contributed by atoms with E-state index in [2.05, 4.69) is 40.8 Å². The maximum Gasteiger partial charge on any atom is 0.193 e. The Kier molecular flexibility index (Phi) is 10.5. The summed E-state index contributed by atoms with van der Waals surface area (Å²) < 4.78 is 5.55. The number of guanidine groups is 1. The molecule has 3 aliphatic rings. The zero-order valence-corrected chi connectivity index (χ0v) is 20.4. The molecule has 1 aliphatic carbocycles. The molecule has 1 unspecified atom stereocenters. The number of hydrogen-bond acceptors (Lipinski definition) is 4. The number of aliphatic imine (C=N–C) groups is 1. The maximum absolute atomic E-state index is 5.55. The lowest BCUT2D eigenvalue weighted by atomic mass is 9.80. The van der Waals surface area contributed by atoms with Crippen LogP contribution in [0, 0.1) is 5.92 Å². The summed E-state index contributed by atoms with van der Waals surface area (Å²) >= 11 is 2.11. The molecule has 2 heterocycles. The SMILES string of the molecule is CCNC(=NCC1(N2CCSCC2)CCCCC1)N(C)CC1CCOC1.I. The predicted octanol–water partition coefficient (Wildman–Crippen LogP) is 3.29. The maximum atomic E-state index is 5.55. The Bertz CT molecular complexity index is 447. The van der Waals surface area contributed by atoms with Crippen molar-refractivity contribution in [1.82, 2.24) is 15.1 Å². The second-order valence-electron chi connectivity index (χ2n) is 8.16. The minimum absolute atomic E-state index is 0. The first-order chi connectivity index (χ1) is 12.7. The van der Waals surface area contributed by atoms with Gasteiger partial charge < -0.3 is 15.0 Å². The van der Waals surface area contributed by atoms with E-state index in [0.29, 0.717) is 11.5 Å². The monoisotopic (exact) mass is 510 g/mol. The number of thioether (sulfide) groups is 1. The van der Waals surface area contributed by atoms with Crippen LogP contribution in [0.2, 0.25) is 0 Å². The molecule has 5 nitrogen and oxygen atoms in total. The second-order valence-corrected chi connectivity index (χ2v) is 9.39. The van der Waals surface area contributed by atoms with Crippen LogP contribution in [0.1, 0.15) is 45.4 Å². The van der Waals surface area contributed by atoms with Gasteiger partial charge >= 0.3 is 0 Å². The molecule has 2 aliphatic heterocycles. The van der Waals surface area contributed by atoms with Gasteiger partial charge in [0.15, 0.2) is 5.96 Å². The van der Waals surface area contributed by atoms with Gasteiger partial charge in [-0.1, -0.05) is 19.3 Å². The van der Waals surface area contributed by atoms with Crippen molar-refractivity contribution in [2.24, 2.45) is 10.9 Å². The van der Waals surface area contributed by atoms with Crippen molar-refractivity contribution in [2.75, 3.05) is 64.5 Å². The van der Waals surface area contributed by atoms with Gasteiger partial charge in [-0.05, 0) is 26.2 Å². The Labute approximate surface area is 187 Å². The Morgan fingerprint density at radius 2 is 2.00 bits per heavy atom. The Balaban J connectivity index is 0.00000261. The first-order valence-corrected chi connectivity index (χ1v) is 11.8. The third kappa shape index (κ3) is 6.64. The van der Waals surface area contributed by atoms with E-state index in [-0.39, 0.29) is 24.0 Å². The van der Waals surface area contributed by atoms with Crippen molar-refractivity contribution in [1.29, 1.82) is 0 Å². The van der Waals surface area contributed by atoms with Crippen molar-refractivity contribution in [3.8, 4) is 0 Å². The predicted molar refractivity (Wildman–Crippen MR) is 128 cm³/mol. The molecule has 0 spiro atoms. The molecule has 0 aromatic carbocycles. The lowest BCUT2D eigenvalue weighted by Gasteiger charge is -2.47. The molecule has 0 bridgehead atoms. The molecular formula is C20H39IN4OS. The van der Waals surface area contributed by atoms with E-state index in [0.717, 1.165) is 38.8 Å². The average Bonchev–Trinajstić information content (AvgIpc) is 3.19. The van der Waals surface area contributed by atoms with E-state index in [1.54, 1.807) is 0 Å². The van der Waals surface area contributed by atoms with Crippen LogP contribution in [0.4, 0.5) is 0 Å². The number of hydrogen-bond donors (Lipinski definition) is 1. The van der Waals surface area contributed by atoms with Crippen molar-refractivity contribution in [3.05, 3.63) is 0 Å². The van der Waals surface area contributed by atoms with Crippen LogP contribution in [-0.4, -0.2) is 85.8 Å². The molecule has 1 N–H and O–H groups in total. The smallest absolute Gasteiger partial charge is 0.193 e. The highest BCUT2D eigenvalue weighted by molar-refractivity contribution is 14.0. The molecule has 0 radical (unpaired) electrons. The van der Waals surface area contributed by atoms with Gasteiger partial charge in [0.2, 0.25) is 0 Å². The third-order valence-electron chi connectivity index (χ3n) is 6.24. The van der Waals surface area contributed by atoms with Crippen LogP contribution in [0.25, 0.3) is 0 Å². The number of halogens is 1. The van der Waals surface area contributed by atoms with Crippen LogP contribution in [-0.2, 0) is 4.74 Å². The van der Waals surface area contributed by atoms with Gasteiger partial charge in [-0.3, -0.25) is 9.89 Å². The van der Waals surface area contributed by atoms with E-state index in [9.17, 15) is 0 Å². The van der Waals surface area contributed by atoms with Gasteiger partial charge in [-0.2, -0.15) is 11.8 Å². The summed E-state index contributed by atoms with van der Waals surface area (Å²) in [5.41, 5.74) is 0.303. The van der Waals surface area contributed by atoms with Gasteiger partial charge in [0.05, 0.1) is 13.2 Å². The first kappa shape index (κ1) is 23.5. The van der Waals surface area contributed by atoms with E-state index >= 15 is 0 Å². The molecular weight excluding hydrogens is 471 g/mol. The fraction of sp³-hybridized carbons (Fsp3) is 0.950. The molecule has 0 aromatic rings. The lowest BCUT2D eigenvalue weighted by Crippen LogP contribution is -2.55. The van der Waals surface area contributed by atoms with Gasteiger partial charge in [0.25, 0.3) is 0 Å². The fourth-order valence-electron chi connectivity index (χ4n) is 4.71. The zero-order valence-electron chi connectivity index (χ0n) is 17.3. The van der Waals surface area contributed by atoms with E-state index < -0.39 is 0 Å². The van der Waals surface area contributed by atoms with Crippen LogP contribution >= 0.6 is 35.7 Å². The van der Waals surface area contributed by atoms with Gasteiger partial charge in [-0.15, -0.1) is 24.0 Å². The quantitative estimate of drug-likeness (QED) is 0.338. The Morgan fingerprint density at radius 1 is 1.26 bits per heavy atom. The van der Waals surface area contributed by atoms with Crippen molar-refractivity contribution >= 4 is 41.7 Å². The number of nitrogens with zero attached hydrogens (tertiary/aromatic N) is 3. The molecule has 1 atom stereocenters. The minimum Gasteiger partial charge on any atom is -0.381 e. The molecule has 7 heteroatoms. The van der Waals surface area contributed by atoms with Gasteiger partial charge in [0, 0.05) is 62.8 Å². The van der Waals surface area contributed by atoms with Crippen molar-refractivity contribution < 1.29 is 4.74 Å². The van der Waals surface area contributed by atoms with E-state index in [1.165, 1.54) is 63.1 Å². The van der Waals surface area contributed by atoms with Crippen LogP contribution in [0.5, 0.6) is 0 Å². The summed E-state index contributed by atoms with van der Waals surface area (Å²) in [5, 5.41) is 3.53. The van der Waals surface area contributed by atoms with Crippen LogP contribution in [0.3, 0.4) is 0 Å². The van der Waals surface area contributed by atoms with Crippen molar-refractivity contribution in [2.45, 2.75) is 51.0 Å². The molecule has 0 amide bonds. The summed E-state index contributed by atoms with van der Waals surface area (Å²) in [6, 6.07) is 0. The highest BCUT2D eigenvalue weighted by atomic mass is 127. The summed E-state index contributed by atoms with van der Waals surface area (Å²) in [4.78, 5) is 10.3. The summed E-state index contributed by atoms with van der Waals surface area (Å²) in [6.07, 6.45) is 7.95. The van der Waals surface area contributed by atoms with Crippen LogP contribution in [0.15, 0.2) is 4.99 Å². The zero-order chi connectivity index (χ0) is 18.2. The molecule has 3 fully saturated rings. The first-order valence-electron chi connectivity index (χ1n) is 10.6. The molecule has 3 rings (SSSR count). The minimum atomic E-state index is 0. The second kappa shape index (κ2) is 12.1. The van der Waals surface area contributed by atoms with E-state index in [4.69, 9.17) is 9.73 Å². The number of nitrogens with one attached hydrogen (secondary N) is 1. The third-order valence-corrected chi connectivity index (χ3v) is 7.18. The highest BCUT2D eigenvalue weighted by Gasteiger charge is 2.38. The highest BCUT2D eigenvalue weighted by Crippen LogP contribution is 2.35. The Morgan fingerprint density at radius 3 is 2.63 bits per heavy atom. The summed E-state index contributed by atoms with van der Waals surface area (Å²) in [5.74, 6) is 4.29. The Hall–Kier alpha value is 0.270. The fourth-order valence-corrected chi connectivity index (χ4v) is 5.62. The van der Waals surface area contributed by atoms with Gasteiger partial charge in [-0.25, -0.2) is 0 Å². The molecule has 2 saturated heterocycles. The molecule has 0 aromatic heterocycles. The molecule has 1 saturated carbocycles. The number of rotatable bonds is 6. The van der Waals surface area contributed by atoms with Crippen LogP contribution < -0.4 is 5.32 Å².